The van der Waals surface area contributed by atoms with Gasteiger partial charge in [-0.25, -0.2) is 15.0 Å². The number of carbonyl (C=O) groups excluding carboxylic acids is 4. The molecule has 0 bridgehead atoms. The summed E-state index contributed by atoms with van der Waals surface area (Å²) in [6.07, 6.45) is 6.52. The van der Waals surface area contributed by atoms with Gasteiger partial charge in [0.1, 0.15) is 26.2 Å². The molecule has 578 valence electrons. The Labute approximate surface area is 676 Å². The number of thiazole rings is 3. The van der Waals surface area contributed by atoms with Gasteiger partial charge in [0.2, 0.25) is 29.5 Å². The average molecular weight is 1630 g/mol. The van der Waals surface area contributed by atoms with E-state index in [4.69, 9.17) is 61.7 Å². The number of piperazine rings is 1. The summed E-state index contributed by atoms with van der Waals surface area (Å²) < 4.78 is 12.7. The maximum Gasteiger partial charge on any atom is 0.318 e. The number of fused-ring (bicyclic) bond motifs is 3. The van der Waals surface area contributed by atoms with Crippen LogP contribution in [0.3, 0.4) is 0 Å². The van der Waals surface area contributed by atoms with Crippen LogP contribution in [-0.4, -0.2) is 160 Å². The van der Waals surface area contributed by atoms with Crippen LogP contribution in [0.15, 0.2) is 126 Å². The van der Waals surface area contributed by atoms with Crippen molar-refractivity contribution < 1.29 is 23.6 Å². The third kappa shape index (κ3) is 19.8. The topological polar surface area (TPSA) is 259 Å². The molecule has 4 aliphatic rings. The molecule has 0 aliphatic carbocycles. The standard InChI is InChI=1S/C21H23ClN4OS.C20H23ClN6O2.C20H22ClN5OS.C19H19ClN4OS/c1-3-17-12-19(15-5-4-6-16(22)11-15)24-26(17)13-21(27)25-9-7-18-20(8-10-25)28-14(2)23-18;1-3-17-12-18(15-5-4-6-16(21)11-15)24-27(17)13-19(28)25-7-9-26(10-8-25)20-23-22-14(2)29-20;1-2-15-11-17(13-4-3-5-14(21)10-13)24-26(15)12-19(27)25-8-6-16-18(7-9-25)28-20(22)23-16;1-3-15-8-16(13-5-4-6-14(20)7-13)22-24(15)11-19(25)23-9-17-18(10-23)26-12(2)21-17/h4-6,11-12H,3,7-10,13H2,1-2H3;4-6,11-12H,3,7-10,13H2,1-2H3;3-5,10-11H,2,6-9,12H2,1H3,(H2,22,23);4-8H,3,9-11H2,1-2H3. The molecule has 31 heteroatoms. The number of aromatic nitrogens is 13. The molecular formula is C80H87Cl4N19O5S3. The third-order valence-corrected chi connectivity index (χ3v) is 23.7. The van der Waals surface area contributed by atoms with E-state index in [-0.39, 0.29) is 49.8 Å². The van der Waals surface area contributed by atoms with Crippen molar-refractivity contribution in [2.75, 3.05) is 63.0 Å². The second-order valence-electron chi connectivity index (χ2n) is 27.3. The predicted molar refractivity (Wildman–Crippen MR) is 438 cm³/mol. The van der Waals surface area contributed by atoms with E-state index < -0.39 is 0 Å². The Bertz CT molecular complexity index is 5060. The summed E-state index contributed by atoms with van der Waals surface area (Å²) in [6.45, 7) is 21.7. The molecule has 0 atom stereocenters. The molecule has 12 aromatic rings. The van der Waals surface area contributed by atoms with Crippen LogP contribution in [0.1, 0.15) is 98.1 Å². The van der Waals surface area contributed by atoms with Crippen LogP contribution in [0.4, 0.5) is 11.1 Å². The van der Waals surface area contributed by atoms with Crippen molar-refractivity contribution in [2.24, 2.45) is 0 Å². The maximum atomic E-state index is 13.0. The minimum absolute atomic E-state index is 0.0572. The van der Waals surface area contributed by atoms with Crippen molar-refractivity contribution in [1.29, 1.82) is 0 Å². The van der Waals surface area contributed by atoms with Gasteiger partial charge in [0.25, 0.3) is 0 Å². The fraction of sp³-hybridized carbons (Fsp3) is 0.362. The molecule has 4 aromatic carbocycles. The number of aryl methyl sites for hydroxylation is 7. The second-order valence-corrected chi connectivity index (χ2v) is 32.7. The Morgan fingerprint density at radius 3 is 1.13 bits per heavy atom. The smallest absolute Gasteiger partial charge is 0.318 e. The van der Waals surface area contributed by atoms with Gasteiger partial charge in [-0.2, -0.15) is 20.4 Å². The largest absolute Gasteiger partial charge is 0.408 e. The Hall–Kier alpha value is -9.61. The Balaban J connectivity index is 0.000000130. The van der Waals surface area contributed by atoms with Crippen molar-refractivity contribution in [2.45, 2.75) is 139 Å². The van der Waals surface area contributed by atoms with Crippen LogP contribution >= 0.6 is 80.4 Å². The van der Waals surface area contributed by atoms with Gasteiger partial charge in [-0.1, -0.05) is 128 Å². The van der Waals surface area contributed by atoms with E-state index in [0.29, 0.717) is 89.5 Å². The zero-order valence-electron chi connectivity index (χ0n) is 63.0. The molecule has 111 heavy (non-hydrogen) atoms. The molecule has 0 unspecified atom stereocenters. The number of rotatable bonds is 17. The molecular weight excluding hydrogens is 1550 g/mol. The molecule has 1 saturated heterocycles. The fourth-order valence-corrected chi connectivity index (χ4v) is 17.4. The number of nitrogens with zero attached hydrogens (tertiary/aromatic N) is 18. The number of nitrogens with two attached hydrogens (primary N) is 1. The Kier molecular flexibility index (Phi) is 26.0. The first kappa shape index (κ1) is 79.5. The van der Waals surface area contributed by atoms with Crippen molar-refractivity contribution in [3.8, 4) is 45.0 Å². The van der Waals surface area contributed by atoms with Crippen molar-refractivity contribution in [1.82, 2.24) is 83.9 Å². The monoisotopic (exact) mass is 1630 g/mol. The zero-order chi connectivity index (χ0) is 78.0. The lowest BCUT2D eigenvalue weighted by Gasteiger charge is -2.33. The highest BCUT2D eigenvalue weighted by molar-refractivity contribution is 7.15. The van der Waals surface area contributed by atoms with Crippen molar-refractivity contribution >= 4 is 115 Å². The highest BCUT2D eigenvalue weighted by atomic mass is 35.5. The van der Waals surface area contributed by atoms with Crippen molar-refractivity contribution in [3.05, 3.63) is 212 Å². The van der Waals surface area contributed by atoms with Gasteiger partial charge in [-0.15, -0.1) is 39.1 Å². The summed E-state index contributed by atoms with van der Waals surface area (Å²) in [5.41, 5.74) is 20.4. The van der Waals surface area contributed by atoms with Gasteiger partial charge in [0.15, 0.2) is 5.13 Å². The van der Waals surface area contributed by atoms with Gasteiger partial charge in [-0.3, -0.25) is 37.9 Å². The van der Waals surface area contributed by atoms with E-state index in [1.165, 1.54) is 26.0 Å². The van der Waals surface area contributed by atoms with E-state index >= 15 is 0 Å². The summed E-state index contributed by atoms with van der Waals surface area (Å²) >= 11 is 29.4. The molecule has 12 heterocycles. The number of halogens is 4. The Morgan fingerprint density at radius 1 is 0.405 bits per heavy atom. The first-order valence-electron chi connectivity index (χ1n) is 37.2. The summed E-state index contributed by atoms with van der Waals surface area (Å²) in [5, 5.41) is 32.1. The maximum absolute atomic E-state index is 13.0. The van der Waals surface area contributed by atoms with Gasteiger partial charge < -0.3 is 34.7 Å². The Morgan fingerprint density at radius 2 is 0.757 bits per heavy atom. The van der Waals surface area contributed by atoms with E-state index in [1.54, 1.807) is 34.3 Å². The highest BCUT2D eigenvalue weighted by Gasteiger charge is 2.30. The molecule has 1 fully saturated rings. The second kappa shape index (κ2) is 36.3. The summed E-state index contributed by atoms with van der Waals surface area (Å²) in [5.74, 6) is 0.866. The summed E-state index contributed by atoms with van der Waals surface area (Å²) in [4.78, 5) is 78.3. The molecule has 0 saturated carbocycles. The van der Waals surface area contributed by atoms with Crippen LogP contribution in [0.25, 0.3) is 45.0 Å². The highest BCUT2D eigenvalue weighted by Crippen LogP contribution is 2.32. The number of anilines is 2. The molecule has 24 nitrogen and oxygen atoms in total. The molecule has 4 amide bonds. The number of hydrogen-bond acceptors (Lipinski definition) is 19. The minimum Gasteiger partial charge on any atom is -0.408 e. The van der Waals surface area contributed by atoms with E-state index in [9.17, 15) is 19.2 Å². The summed E-state index contributed by atoms with van der Waals surface area (Å²) in [7, 11) is 0. The zero-order valence-corrected chi connectivity index (χ0v) is 68.5. The van der Waals surface area contributed by atoms with Crippen molar-refractivity contribution in [3.63, 3.8) is 0 Å². The number of carbonyl (C=O) groups is 4. The molecule has 16 rings (SSSR count). The quantitative estimate of drug-likeness (QED) is 0.0888. The number of benzene rings is 4. The lowest BCUT2D eigenvalue weighted by Crippen LogP contribution is -2.49. The fourth-order valence-electron chi connectivity index (χ4n) is 13.9. The number of nitrogen functional groups attached to an aromatic ring is 1. The van der Waals surface area contributed by atoms with Crippen LogP contribution < -0.4 is 10.6 Å². The predicted octanol–water partition coefficient (Wildman–Crippen LogP) is 14.5. The normalized spacial score (nSPS) is 14.0. The van der Waals surface area contributed by atoms with Gasteiger partial charge in [0.05, 0.1) is 63.0 Å². The lowest BCUT2D eigenvalue weighted by molar-refractivity contribution is -0.133. The van der Waals surface area contributed by atoms with Gasteiger partial charge >= 0.3 is 6.01 Å². The van der Waals surface area contributed by atoms with E-state index in [2.05, 4.69) is 68.1 Å². The molecule has 2 N–H and O–H groups in total. The SMILES string of the molecule is CCc1cc(-c2cccc(Cl)c2)nn1CC(=O)N1CCN(c2nnc(C)o2)CC1.CCc1cc(-c2cccc(Cl)c2)nn1CC(=O)N1CCc2nc(C)sc2CC1.CCc1cc(-c2cccc(Cl)c2)nn1CC(=O)N1CCc2nc(N)sc2CC1.CCc1cc(-c2cccc(Cl)c2)nn1CC(=O)N1Cc2nc(C)sc2C1. The minimum atomic E-state index is 0.0572. The summed E-state index contributed by atoms with van der Waals surface area (Å²) in [6, 6.07) is 39.1. The molecule has 4 aliphatic heterocycles. The van der Waals surface area contributed by atoms with Gasteiger partial charge in [0, 0.05) is 165 Å². The average Bonchev–Trinajstić information content (AvgIpc) is 1.66. The van der Waals surface area contributed by atoms with Gasteiger partial charge in [-0.05, 0) is 112 Å². The van der Waals surface area contributed by atoms with Crippen LogP contribution in [0, 0.1) is 20.8 Å². The number of hydrogen-bond donors (Lipinski definition) is 1. The van der Waals surface area contributed by atoms with E-state index in [1.807, 2.05) is 174 Å². The third-order valence-electron chi connectivity index (χ3n) is 19.7. The van der Waals surface area contributed by atoms with E-state index in [0.717, 1.165) is 159 Å². The molecule has 8 aromatic heterocycles. The van der Waals surface area contributed by atoms with Crippen LogP contribution in [0.5, 0.6) is 0 Å². The molecule has 0 radical (unpaired) electrons. The lowest BCUT2D eigenvalue weighted by atomic mass is 10.1. The first-order chi connectivity index (χ1) is 53.6. The number of amides is 4. The first-order valence-corrected chi connectivity index (χ1v) is 41.2. The van der Waals surface area contributed by atoms with Crippen LogP contribution in [0.2, 0.25) is 20.1 Å². The van der Waals surface area contributed by atoms with Crippen LogP contribution in [-0.2, 0) is 110 Å². The molecule has 0 spiro atoms.